The van der Waals surface area contributed by atoms with Crippen molar-refractivity contribution in [2.75, 3.05) is 0 Å². The summed E-state index contributed by atoms with van der Waals surface area (Å²) in [5, 5.41) is 4.76. The fourth-order valence-corrected chi connectivity index (χ4v) is 2.95. The number of carbonyl (C=O) groups is 2. The van der Waals surface area contributed by atoms with Crippen molar-refractivity contribution < 1.29 is 14.0 Å². The van der Waals surface area contributed by atoms with Crippen molar-refractivity contribution in [2.24, 2.45) is 0 Å². The molecule has 1 atom stereocenters. The summed E-state index contributed by atoms with van der Waals surface area (Å²) in [5.74, 6) is 1.54. The maximum absolute atomic E-state index is 11.9. The van der Waals surface area contributed by atoms with E-state index < -0.39 is 0 Å². The lowest BCUT2D eigenvalue weighted by Crippen LogP contribution is -2.27. The van der Waals surface area contributed by atoms with Gasteiger partial charge in [-0.15, -0.1) is 11.3 Å². The predicted octanol–water partition coefficient (Wildman–Crippen LogP) is 3.80. The average molecular weight is 305 g/mol. The van der Waals surface area contributed by atoms with Gasteiger partial charge in [0, 0.05) is 18.4 Å². The molecule has 0 spiro atoms. The lowest BCUT2D eigenvalue weighted by Gasteiger charge is -2.12. The van der Waals surface area contributed by atoms with Crippen molar-refractivity contribution in [3.8, 4) is 0 Å². The highest BCUT2D eigenvalue weighted by atomic mass is 32.1. The third-order valence-electron chi connectivity index (χ3n) is 3.30. The molecule has 4 nitrogen and oxygen atoms in total. The number of furan rings is 1. The minimum Gasteiger partial charge on any atom is -0.466 e. The second-order valence-electron chi connectivity index (χ2n) is 5.06. The Hall–Kier alpha value is -1.88. The minimum absolute atomic E-state index is 0.0168. The van der Waals surface area contributed by atoms with E-state index in [4.69, 9.17) is 4.42 Å². The van der Waals surface area contributed by atoms with Crippen LogP contribution in [0.5, 0.6) is 0 Å². The number of Topliss-reactive ketones (excluding diaryl/α,β-unsaturated/α-hetero) is 1. The Balaban J connectivity index is 1.84. The van der Waals surface area contributed by atoms with Crippen LogP contribution in [0.3, 0.4) is 0 Å². The molecule has 1 N–H and O–H groups in total. The van der Waals surface area contributed by atoms with Crippen LogP contribution in [0.1, 0.15) is 52.6 Å². The zero-order valence-electron chi connectivity index (χ0n) is 12.4. The van der Waals surface area contributed by atoms with E-state index in [0.29, 0.717) is 4.88 Å². The van der Waals surface area contributed by atoms with Crippen molar-refractivity contribution in [2.45, 2.75) is 39.7 Å². The molecule has 0 bridgehead atoms. The largest absolute Gasteiger partial charge is 0.466 e. The van der Waals surface area contributed by atoms with Crippen molar-refractivity contribution in [3.63, 3.8) is 0 Å². The first kappa shape index (κ1) is 15.5. The van der Waals surface area contributed by atoms with Crippen molar-refractivity contribution in [1.82, 2.24) is 5.32 Å². The molecule has 0 saturated heterocycles. The van der Waals surface area contributed by atoms with Crippen LogP contribution in [0.2, 0.25) is 0 Å². The molecule has 0 fully saturated rings. The number of carbonyl (C=O) groups excluding carboxylic acids is 2. The lowest BCUT2D eigenvalue weighted by molar-refractivity contribution is -0.121. The highest BCUT2D eigenvalue weighted by Crippen LogP contribution is 2.21. The topological polar surface area (TPSA) is 59.3 Å². The molecular formula is C16H19NO3S. The third-order valence-corrected chi connectivity index (χ3v) is 4.21. The first-order valence-corrected chi connectivity index (χ1v) is 7.78. The summed E-state index contributed by atoms with van der Waals surface area (Å²) in [6.45, 7) is 5.67. The Labute approximate surface area is 128 Å². The van der Waals surface area contributed by atoms with Crippen LogP contribution in [0.25, 0.3) is 0 Å². The fourth-order valence-electron chi connectivity index (χ4n) is 2.26. The number of hydrogen-bond acceptors (Lipinski definition) is 4. The Bertz CT molecular complexity index is 628. The number of rotatable bonds is 6. The molecule has 0 aliphatic heterocycles. The van der Waals surface area contributed by atoms with Gasteiger partial charge in [-0.25, -0.2) is 0 Å². The molecule has 2 aromatic heterocycles. The van der Waals surface area contributed by atoms with Gasteiger partial charge in [0.25, 0.3) is 0 Å². The average Bonchev–Trinajstić information content (AvgIpc) is 3.05. The molecule has 2 aromatic rings. The molecule has 0 aliphatic rings. The van der Waals surface area contributed by atoms with E-state index in [-0.39, 0.29) is 30.6 Å². The monoisotopic (exact) mass is 305 g/mol. The fraction of sp³-hybridized carbons (Fsp3) is 0.375. The minimum atomic E-state index is -0.120. The predicted molar refractivity (Wildman–Crippen MR) is 82.6 cm³/mol. The molecule has 21 heavy (non-hydrogen) atoms. The van der Waals surface area contributed by atoms with Crippen LogP contribution in [-0.2, 0) is 4.79 Å². The number of nitrogens with one attached hydrogen (secondary N) is 1. The van der Waals surface area contributed by atoms with Crippen LogP contribution in [0.15, 0.2) is 28.0 Å². The van der Waals surface area contributed by atoms with Crippen LogP contribution < -0.4 is 5.32 Å². The van der Waals surface area contributed by atoms with E-state index in [1.165, 1.54) is 11.3 Å². The second-order valence-corrected chi connectivity index (χ2v) is 6.01. The summed E-state index contributed by atoms with van der Waals surface area (Å²) in [6, 6.07) is 5.43. The van der Waals surface area contributed by atoms with E-state index >= 15 is 0 Å². The molecule has 5 heteroatoms. The zero-order chi connectivity index (χ0) is 15.4. The third kappa shape index (κ3) is 4.04. The highest BCUT2D eigenvalue weighted by Gasteiger charge is 2.16. The number of amides is 1. The van der Waals surface area contributed by atoms with Crippen LogP contribution >= 0.6 is 11.3 Å². The summed E-state index contributed by atoms with van der Waals surface area (Å²) < 4.78 is 5.46. The van der Waals surface area contributed by atoms with Gasteiger partial charge in [0.15, 0.2) is 5.78 Å². The SMILES string of the molecule is Cc1cc(C(C)NC(=O)CCC(=O)c2cccs2)c(C)o1. The Morgan fingerprint density at radius 2 is 2.10 bits per heavy atom. The van der Waals surface area contributed by atoms with E-state index in [1.54, 1.807) is 6.07 Å². The number of thiophene rings is 1. The zero-order valence-corrected chi connectivity index (χ0v) is 13.3. The number of ketones is 1. The molecule has 0 radical (unpaired) electrons. The van der Waals surface area contributed by atoms with Crippen LogP contribution in [0.4, 0.5) is 0 Å². The first-order chi connectivity index (χ1) is 9.97. The van der Waals surface area contributed by atoms with Gasteiger partial charge in [-0.2, -0.15) is 0 Å². The normalized spacial score (nSPS) is 12.1. The molecule has 0 aromatic carbocycles. The number of hydrogen-bond donors (Lipinski definition) is 1. The smallest absolute Gasteiger partial charge is 0.220 e. The quantitative estimate of drug-likeness (QED) is 0.826. The molecule has 2 rings (SSSR count). The molecule has 1 amide bonds. The Kier molecular flexibility index (Phi) is 4.96. The maximum atomic E-state index is 11.9. The van der Waals surface area contributed by atoms with Crippen molar-refractivity contribution in [3.05, 3.63) is 45.5 Å². The maximum Gasteiger partial charge on any atom is 0.220 e. The molecule has 0 aliphatic carbocycles. The van der Waals surface area contributed by atoms with Crippen LogP contribution in [-0.4, -0.2) is 11.7 Å². The molecule has 2 heterocycles. The van der Waals surface area contributed by atoms with E-state index in [9.17, 15) is 9.59 Å². The molecular weight excluding hydrogens is 286 g/mol. The Morgan fingerprint density at radius 1 is 1.33 bits per heavy atom. The summed E-state index contributed by atoms with van der Waals surface area (Å²) in [6.07, 6.45) is 0.444. The van der Waals surface area contributed by atoms with Crippen molar-refractivity contribution in [1.29, 1.82) is 0 Å². The van der Waals surface area contributed by atoms with Crippen LogP contribution in [0, 0.1) is 13.8 Å². The highest BCUT2D eigenvalue weighted by molar-refractivity contribution is 7.12. The van der Waals surface area contributed by atoms with Gasteiger partial charge >= 0.3 is 0 Å². The summed E-state index contributed by atoms with van der Waals surface area (Å²) in [5.41, 5.74) is 0.977. The van der Waals surface area contributed by atoms with Gasteiger partial charge < -0.3 is 9.73 Å². The summed E-state index contributed by atoms with van der Waals surface area (Å²) in [7, 11) is 0. The number of aryl methyl sites for hydroxylation is 2. The molecule has 112 valence electrons. The van der Waals surface area contributed by atoms with E-state index in [0.717, 1.165) is 17.1 Å². The molecule has 0 saturated carbocycles. The summed E-state index contributed by atoms with van der Waals surface area (Å²) >= 11 is 1.40. The first-order valence-electron chi connectivity index (χ1n) is 6.90. The van der Waals surface area contributed by atoms with E-state index in [1.807, 2.05) is 38.3 Å². The van der Waals surface area contributed by atoms with Crippen molar-refractivity contribution >= 4 is 23.0 Å². The lowest BCUT2D eigenvalue weighted by atomic mass is 10.1. The second kappa shape index (κ2) is 6.72. The van der Waals surface area contributed by atoms with Gasteiger partial charge in [-0.3, -0.25) is 9.59 Å². The summed E-state index contributed by atoms with van der Waals surface area (Å²) in [4.78, 5) is 24.5. The van der Waals surface area contributed by atoms with Gasteiger partial charge in [0.05, 0.1) is 10.9 Å². The van der Waals surface area contributed by atoms with E-state index in [2.05, 4.69) is 5.32 Å². The van der Waals surface area contributed by atoms with Gasteiger partial charge in [0.2, 0.25) is 5.91 Å². The van der Waals surface area contributed by atoms with Gasteiger partial charge in [-0.05, 0) is 38.3 Å². The van der Waals surface area contributed by atoms with Gasteiger partial charge in [-0.1, -0.05) is 6.07 Å². The van der Waals surface area contributed by atoms with Gasteiger partial charge in [0.1, 0.15) is 11.5 Å². The molecule has 1 unspecified atom stereocenters. The standard InChI is InChI=1S/C16H19NO3S/c1-10-9-13(12(3)20-10)11(2)17-16(19)7-6-14(18)15-5-4-8-21-15/h4-5,8-9,11H,6-7H2,1-3H3,(H,17,19). The Morgan fingerprint density at radius 3 is 2.67 bits per heavy atom.